The topological polar surface area (TPSA) is 42.7 Å². The lowest BCUT2D eigenvalue weighted by atomic mass is 10.3. The molecule has 0 aliphatic carbocycles. The van der Waals surface area contributed by atoms with Crippen molar-refractivity contribution >= 4 is 22.4 Å². The van der Waals surface area contributed by atoms with Gasteiger partial charge < -0.3 is 9.88 Å². The summed E-state index contributed by atoms with van der Waals surface area (Å²) in [5.41, 5.74) is 4.08. The van der Waals surface area contributed by atoms with Crippen molar-refractivity contribution in [3.8, 4) is 0 Å². The van der Waals surface area contributed by atoms with E-state index < -0.39 is 0 Å². The van der Waals surface area contributed by atoms with E-state index in [-0.39, 0.29) is 6.04 Å². The summed E-state index contributed by atoms with van der Waals surface area (Å²) in [7, 11) is 2.07. The molecule has 3 aromatic rings. The zero-order valence-electron chi connectivity index (χ0n) is 11.0. The molecule has 0 amide bonds. The minimum atomic E-state index is 0.208. The van der Waals surface area contributed by atoms with Crippen molar-refractivity contribution in [1.82, 2.24) is 19.9 Å². The zero-order chi connectivity index (χ0) is 13.2. The van der Waals surface area contributed by atoms with Crippen LogP contribution < -0.4 is 5.32 Å². The molecule has 0 fully saturated rings. The first kappa shape index (κ1) is 12.3. The molecule has 4 nitrogen and oxygen atoms in total. The third-order valence-corrected chi connectivity index (χ3v) is 4.05. The smallest absolute Gasteiger partial charge is 0.126 e. The zero-order valence-corrected chi connectivity index (χ0v) is 11.8. The summed E-state index contributed by atoms with van der Waals surface area (Å²) in [6.07, 6.45) is 1.90. The van der Waals surface area contributed by atoms with E-state index in [9.17, 15) is 0 Å². The van der Waals surface area contributed by atoms with Gasteiger partial charge >= 0.3 is 0 Å². The summed E-state index contributed by atoms with van der Waals surface area (Å²) in [5.74, 6) is 1.06. The van der Waals surface area contributed by atoms with Crippen LogP contribution >= 0.6 is 11.3 Å². The maximum atomic E-state index is 4.70. The van der Waals surface area contributed by atoms with Gasteiger partial charge in [-0.3, -0.25) is 4.98 Å². The number of para-hydroxylation sites is 2. The maximum absolute atomic E-state index is 4.70. The van der Waals surface area contributed by atoms with Crippen molar-refractivity contribution in [1.29, 1.82) is 0 Å². The summed E-state index contributed by atoms with van der Waals surface area (Å²) in [6.45, 7) is 2.97. The van der Waals surface area contributed by atoms with Crippen molar-refractivity contribution in [2.24, 2.45) is 7.05 Å². The van der Waals surface area contributed by atoms with Gasteiger partial charge in [-0.1, -0.05) is 12.1 Å². The molecule has 0 bridgehead atoms. The summed E-state index contributed by atoms with van der Waals surface area (Å²) < 4.78 is 2.15. The first-order valence-corrected chi connectivity index (χ1v) is 7.16. The van der Waals surface area contributed by atoms with Crippen LogP contribution in [0.1, 0.15) is 23.7 Å². The van der Waals surface area contributed by atoms with Crippen molar-refractivity contribution in [2.45, 2.75) is 19.5 Å². The lowest BCUT2D eigenvalue weighted by molar-refractivity contribution is 0.536. The van der Waals surface area contributed by atoms with Gasteiger partial charge in [-0.05, 0) is 19.1 Å². The lowest BCUT2D eigenvalue weighted by Gasteiger charge is -2.12. The third kappa shape index (κ3) is 2.39. The van der Waals surface area contributed by atoms with Gasteiger partial charge in [0.2, 0.25) is 0 Å². The van der Waals surface area contributed by atoms with Crippen LogP contribution in [0, 0.1) is 0 Å². The van der Waals surface area contributed by atoms with Crippen LogP contribution in [0.4, 0.5) is 0 Å². The van der Waals surface area contributed by atoms with E-state index in [4.69, 9.17) is 4.98 Å². The van der Waals surface area contributed by atoms with Crippen LogP contribution in [0.25, 0.3) is 11.0 Å². The monoisotopic (exact) mass is 272 g/mol. The average molecular weight is 272 g/mol. The first-order chi connectivity index (χ1) is 9.25. The Labute approximate surface area is 116 Å². The fourth-order valence-electron chi connectivity index (χ4n) is 2.23. The largest absolute Gasteiger partial charge is 0.330 e. The van der Waals surface area contributed by atoms with Crippen LogP contribution in [-0.4, -0.2) is 14.5 Å². The molecule has 5 heteroatoms. The van der Waals surface area contributed by atoms with Gasteiger partial charge in [0.15, 0.2) is 0 Å². The summed E-state index contributed by atoms with van der Waals surface area (Å²) in [6, 6.07) is 8.42. The number of hydrogen-bond donors (Lipinski definition) is 1. The molecule has 19 heavy (non-hydrogen) atoms. The second-order valence-electron chi connectivity index (χ2n) is 4.59. The summed E-state index contributed by atoms with van der Waals surface area (Å²) >= 11 is 1.67. The van der Waals surface area contributed by atoms with Crippen LogP contribution in [0.2, 0.25) is 0 Å². The van der Waals surface area contributed by atoms with Gasteiger partial charge in [-0.2, -0.15) is 0 Å². The molecule has 98 valence electrons. The normalized spacial score (nSPS) is 12.9. The van der Waals surface area contributed by atoms with Gasteiger partial charge in [-0.15, -0.1) is 11.3 Å². The molecule has 0 saturated carbocycles. The number of hydrogen-bond acceptors (Lipinski definition) is 4. The third-order valence-electron chi connectivity index (χ3n) is 3.27. The molecule has 0 aliphatic rings. The molecule has 2 heterocycles. The van der Waals surface area contributed by atoms with E-state index in [0.717, 1.165) is 17.9 Å². The highest BCUT2D eigenvalue weighted by Crippen LogP contribution is 2.19. The molecule has 1 atom stereocenters. The SMILES string of the molecule is CC(NCc1cncs1)c1nc2ccccc2n1C. The molecular weight excluding hydrogens is 256 g/mol. The summed E-state index contributed by atoms with van der Waals surface area (Å²) in [5, 5.41) is 3.49. The molecule has 0 radical (unpaired) electrons. The predicted molar refractivity (Wildman–Crippen MR) is 78.1 cm³/mol. The maximum Gasteiger partial charge on any atom is 0.126 e. The highest BCUT2D eigenvalue weighted by Gasteiger charge is 2.13. The standard InChI is InChI=1S/C14H16N4S/c1-10(16-8-11-7-15-9-19-11)14-17-12-5-3-4-6-13(12)18(14)2/h3-7,9-10,16H,8H2,1-2H3. The fraction of sp³-hybridized carbons (Fsp3) is 0.286. The van der Waals surface area contributed by atoms with Gasteiger partial charge in [0.1, 0.15) is 5.82 Å². The van der Waals surface area contributed by atoms with Crippen LogP contribution in [-0.2, 0) is 13.6 Å². The molecule has 1 aromatic carbocycles. The van der Waals surface area contributed by atoms with Crippen LogP contribution in [0.15, 0.2) is 36.0 Å². The number of rotatable bonds is 4. The first-order valence-electron chi connectivity index (χ1n) is 6.28. The molecule has 3 rings (SSSR count). The minimum absolute atomic E-state index is 0.208. The number of thiazole rings is 1. The highest BCUT2D eigenvalue weighted by atomic mass is 32.1. The van der Waals surface area contributed by atoms with E-state index in [1.54, 1.807) is 11.3 Å². The Morgan fingerprint density at radius 1 is 1.37 bits per heavy atom. The van der Waals surface area contributed by atoms with Crippen molar-refractivity contribution in [2.75, 3.05) is 0 Å². The Balaban J connectivity index is 1.81. The lowest BCUT2D eigenvalue weighted by Crippen LogP contribution is -2.20. The fourth-order valence-corrected chi connectivity index (χ4v) is 2.77. The van der Waals surface area contributed by atoms with E-state index >= 15 is 0 Å². The molecule has 0 spiro atoms. The minimum Gasteiger partial charge on any atom is -0.330 e. The highest BCUT2D eigenvalue weighted by molar-refractivity contribution is 7.09. The Morgan fingerprint density at radius 3 is 2.95 bits per heavy atom. The van der Waals surface area contributed by atoms with E-state index in [1.807, 2.05) is 23.8 Å². The number of fused-ring (bicyclic) bond motifs is 1. The van der Waals surface area contributed by atoms with Crippen molar-refractivity contribution in [3.05, 3.63) is 46.7 Å². The van der Waals surface area contributed by atoms with Gasteiger partial charge in [0.25, 0.3) is 0 Å². The Hall–Kier alpha value is -1.72. The van der Waals surface area contributed by atoms with Crippen molar-refractivity contribution in [3.63, 3.8) is 0 Å². The van der Waals surface area contributed by atoms with Crippen LogP contribution in [0.3, 0.4) is 0 Å². The number of nitrogens with zero attached hydrogens (tertiary/aromatic N) is 3. The molecule has 1 N–H and O–H groups in total. The number of imidazole rings is 1. The molecule has 2 aromatic heterocycles. The Bertz CT molecular complexity index is 672. The van der Waals surface area contributed by atoms with Gasteiger partial charge in [0.05, 0.1) is 22.6 Å². The van der Waals surface area contributed by atoms with E-state index in [0.29, 0.717) is 0 Å². The molecule has 0 saturated heterocycles. The van der Waals surface area contributed by atoms with Gasteiger partial charge in [0, 0.05) is 24.7 Å². The second-order valence-corrected chi connectivity index (χ2v) is 5.56. The van der Waals surface area contributed by atoms with E-state index in [2.05, 4.69) is 41.0 Å². The number of benzene rings is 1. The van der Waals surface area contributed by atoms with Crippen molar-refractivity contribution < 1.29 is 0 Å². The van der Waals surface area contributed by atoms with Gasteiger partial charge in [-0.25, -0.2) is 4.98 Å². The van der Waals surface area contributed by atoms with E-state index in [1.165, 1.54) is 10.4 Å². The average Bonchev–Trinajstić information content (AvgIpc) is 3.05. The Kier molecular flexibility index (Phi) is 3.31. The number of aryl methyl sites for hydroxylation is 1. The predicted octanol–water partition coefficient (Wildman–Crippen LogP) is 2.88. The molecule has 1 unspecified atom stereocenters. The molecular formula is C14H16N4S. The second kappa shape index (κ2) is 5.11. The Morgan fingerprint density at radius 2 is 2.21 bits per heavy atom. The number of nitrogens with one attached hydrogen (secondary N) is 1. The van der Waals surface area contributed by atoms with Crippen LogP contribution in [0.5, 0.6) is 0 Å². The molecule has 0 aliphatic heterocycles. The quantitative estimate of drug-likeness (QED) is 0.794. The summed E-state index contributed by atoms with van der Waals surface area (Å²) in [4.78, 5) is 10.0. The number of aromatic nitrogens is 3.